The molecular formula is C10H14N2O2. The van der Waals surface area contributed by atoms with Crippen LogP contribution in [0.25, 0.3) is 0 Å². The molecule has 4 nitrogen and oxygen atoms in total. The van der Waals surface area contributed by atoms with E-state index in [0.717, 1.165) is 12.0 Å². The number of carboxylic acid groups (broad SMARTS) is 1. The van der Waals surface area contributed by atoms with Gasteiger partial charge in [-0.3, -0.25) is 0 Å². The Bertz CT molecular complexity index is 348. The van der Waals surface area contributed by atoms with Gasteiger partial charge in [0.2, 0.25) is 0 Å². The molecule has 0 saturated heterocycles. The summed E-state index contributed by atoms with van der Waals surface area (Å²) >= 11 is 0. The van der Waals surface area contributed by atoms with E-state index in [-0.39, 0.29) is 11.4 Å². The van der Waals surface area contributed by atoms with Gasteiger partial charge in [0.15, 0.2) is 5.69 Å². The van der Waals surface area contributed by atoms with Crippen LogP contribution in [0.1, 0.15) is 29.9 Å². The summed E-state index contributed by atoms with van der Waals surface area (Å²) in [4.78, 5) is 14.4. The molecule has 0 unspecified atom stereocenters. The van der Waals surface area contributed by atoms with Crippen molar-refractivity contribution in [2.24, 2.45) is 5.92 Å². The lowest BCUT2D eigenvalue weighted by molar-refractivity contribution is 0.0692. The molecule has 4 heteroatoms. The molecular weight excluding hydrogens is 180 g/mol. The molecule has 0 aromatic carbocycles. The molecule has 0 saturated carbocycles. The van der Waals surface area contributed by atoms with Crippen molar-refractivity contribution >= 4 is 11.7 Å². The normalized spacial score (nSPS) is 10.5. The van der Waals surface area contributed by atoms with Crippen molar-refractivity contribution in [3.8, 4) is 0 Å². The van der Waals surface area contributed by atoms with Crippen LogP contribution in [0.2, 0.25) is 0 Å². The van der Waals surface area contributed by atoms with E-state index < -0.39 is 5.97 Å². The monoisotopic (exact) mass is 194 g/mol. The second-order valence-electron chi connectivity index (χ2n) is 3.68. The van der Waals surface area contributed by atoms with E-state index in [9.17, 15) is 4.79 Å². The highest BCUT2D eigenvalue weighted by Crippen LogP contribution is 2.14. The van der Waals surface area contributed by atoms with Gasteiger partial charge in [0.1, 0.15) is 0 Å². The third kappa shape index (κ3) is 2.45. The van der Waals surface area contributed by atoms with Crippen molar-refractivity contribution < 1.29 is 9.90 Å². The second-order valence-corrected chi connectivity index (χ2v) is 3.68. The number of nitrogens with zero attached hydrogens (tertiary/aromatic N) is 1. The van der Waals surface area contributed by atoms with Gasteiger partial charge in [-0.25, -0.2) is 9.78 Å². The van der Waals surface area contributed by atoms with E-state index in [1.807, 2.05) is 0 Å². The van der Waals surface area contributed by atoms with Crippen molar-refractivity contribution in [1.82, 2.24) is 4.98 Å². The lowest BCUT2D eigenvalue weighted by Crippen LogP contribution is -2.07. The number of pyridine rings is 1. The van der Waals surface area contributed by atoms with Crippen molar-refractivity contribution in [3.63, 3.8) is 0 Å². The molecule has 1 heterocycles. The van der Waals surface area contributed by atoms with E-state index in [4.69, 9.17) is 10.8 Å². The van der Waals surface area contributed by atoms with Crippen molar-refractivity contribution in [2.45, 2.75) is 20.3 Å². The van der Waals surface area contributed by atoms with Gasteiger partial charge in [0.25, 0.3) is 0 Å². The quantitative estimate of drug-likeness (QED) is 0.765. The van der Waals surface area contributed by atoms with E-state index in [2.05, 4.69) is 18.8 Å². The van der Waals surface area contributed by atoms with Crippen LogP contribution in [0.3, 0.4) is 0 Å². The van der Waals surface area contributed by atoms with Crippen molar-refractivity contribution in [2.75, 3.05) is 5.73 Å². The Morgan fingerprint density at radius 1 is 1.64 bits per heavy atom. The van der Waals surface area contributed by atoms with Gasteiger partial charge < -0.3 is 10.8 Å². The van der Waals surface area contributed by atoms with Crippen LogP contribution in [0.15, 0.2) is 12.3 Å². The first-order valence-corrected chi connectivity index (χ1v) is 4.48. The van der Waals surface area contributed by atoms with Gasteiger partial charge >= 0.3 is 5.97 Å². The molecule has 14 heavy (non-hydrogen) atoms. The smallest absolute Gasteiger partial charge is 0.356 e. The standard InChI is InChI=1S/C10H14N2O2/c1-6(2)3-7-4-8(11)9(10(13)14)12-5-7/h4-6H,3,11H2,1-2H3,(H,13,14). The first kappa shape index (κ1) is 10.5. The van der Waals surface area contributed by atoms with Crippen LogP contribution in [-0.4, -0.2) is 16.1 Å². The zero-order valence-corrected chi connectivity index (χ0v) is 8.32. The molecule has 1 aromatic heterocycles. The third-order valence-corrected chi connectivity index (χ3v) is 1.82. The molecule has 0 aliphatic heterocycles. The Morgan fingerprint density at radius 2 is 2.29 bits per heavy atom. The van der Waals surface area contributed by atoms with E-state index in [1.54, 1.807) is 12.3 Å². The zero-order valence-electron chi connectivity index (χ0n) is 8.32. The number of hydrogen-bond donors (Lipinski definition) is 2. The lowest BCUT2D eigenvalue weighted by Gasteiger charge is -2.06. The van der Waals surface area contributed by atoms with Crippen LogP contribution in [0, 0.1) is 5.92 Å². The number of nitrogen functional groups attached to an aromatic ring is 1. The molecule has 0 amide bonds. The van der Waals surface area contributed by atoms with E-state index in [0.29, 0.717) is 5.92 Å². The van der Waals surface area contributed by atoms with Crippen molar-refractivity contribution in [1.29, 1.82) is 0 Å². The Labute approximate surface area is 82.8 Å². The zero-order chi connectivity index (χ0) is 10.7. The summed E-state index contributed by atoms with van der Waals surface area (Å²) in [6, 6.07) is 1.68. The number of carbonyl (C=O) groups is 1. The molecule has 0 aliphatic rings. The van der Waals surface area contributed by atoms with Crippen LogP contribution in [0.4, 0.5) is 5.69 Å². The highest BCUT2D eigenvalue weighted by molar-refractivity contribution is 5.91. The molecule has 0 radical (unpaired) electrons. The Balaban J connectivity index is 2.94. The summed E-state index contributed by atoms with van der Waals surface area (Å²) in [5.74, 6) is -0.578. The summed E-state index contributed by atoms with van der Waals surface area (Å²) in [6.45, 7) is 4.17. The Morgan fingerprint density at radius 3 is 2.71 bits per heavy atom. The summed E-state index contributed by atoms with van der Waals surface area (Å²) < 4.78 is 0. The van der Waals surface area contributed by atoms with Crippen molar-refractivity contribution in [3.05, 3.63) is 23.5 Å². The molecule has 1 rings (SSSR count). The average molecular weight is 194 g/mol. The van der Waals surface area contributed by atoms with Crippen LogP contribution in [-0.2, 0) is 6.42 Å². The maximum atomic E-state index is 10.6. The predicted molar refractivity (Wildman–Crippen MR) is 54.2 cm³/mol. The fourth-order valence-electron chi connectivity index (χ4n) is 1.29. The first-order chi connectivity index (χ1) is 6.50. The third-order valence-electron chi connectivity index (χ3n) is 1.82. The molecule has 3 N–H and O–H groups in total. The summed E-state index contributed by atoms with van der Waals surface area (Å²) in [7, 11) is 0. The minimum absolute atomic E-state index is 0.0718. The average Bonchev–Trinajstić information content (AvgIpc) is 2.01. The predicted octanol–water partition coefficient (Wildman–Crippen LogP) is 1.56. The van der Waals surface area contributed by atoms with Gasteiger partial charge in [-0.15, -0.1) is 0 Å². The van der Waals surface area contributed by atoms with Crippen LogP contribution >= 0.6 is 0 Å². The van der Waals surface area contributed by atoms with E-state index >= 15 is 0 Å². The topological polar surface area (TPSA) is 76.2 Å². The number of hydrogen-bond acceptors (Lipinski definition) is 3. The number of anilines is 1. The SMILES string of the molecule is CC(C)Cc1cnc(C(=O)O)c(N)c1. The summed E-state index contributed by atoms with van der Waals surface area (Å²) in [6.07, 6.45) is 2.43. The van der Waals surface area contributed by atoms with Crippen LogP contribution < -0.4 is 5.73 Å². The maximum absolute atomic E-state index is 10.6. The van der Waals surface area contributed by atoms with Gasteiger partial charge in [0, 0.05) is 6.20 Å². The Hall–Kier alpha value is -1.58. The lowest BCUT2D eigenvalue weighted by atomic mass is 10.0. The number of aromatic carboxylic acids is 1. The van der Waals surface area contributed by atoms with Gasteiger partial charge in [-0.05, 0) is 24.0 Å². The molecule has 0 fully saturated rings. The largest absolute Gasteiger partial charge is 0.476 e. The van der Waals surface area contributed by atoms with Gasteiger partial charge in [-0.1, -0.05) is 13.8 Å². The number of nitrogens with two attached hydrogens (primary N) is 1. The highest BCUT2D eigenvalue weighted by Gasteiger charge is 2.10. The number of rotatable bonds is 3. The number of carboxylic acids is 1. The second kappa shape index (κ2) is 4.09. The number of aromatic nitrogens is 1. The molecule has 0 aliphatic carbocycles. The van der Waals surface area contributed by atoms with Gasteiger partial charge in [-0.2, -0.15) is 0 Å². The van der Waals surface area contributed by atoms with Crippen LogP contribution in [0.5, 0.6) is 0 Å². The highest BCUT2D eigenvalue weighted by atomic mass is 16.4. The van der Waals surface area contributed by atoms with E-state index in [1.165, 1.54) is 0 Å². The maximum Gasteiger partial charge on any atom is 0.356 e. The molecule has 0 atom stereocenters. The minimum atomic E-state index is -1.08. The summed E-state index contributed by atoms with van der Waals surface area (Å²) in [5.41, 5.74) is 6.69. The summed E-state index contributed by atoms with van der Waals surface area (Å²) in [5, 5.41) is 8.70. The Kier molecular flexibility index (Phi) is 3.06. The molecule has 1 aromatic rings. The first-order valence-electron chi connectivity index (χ1n) is 4.48. The van der Waals surface area contributed by atoms with Gasteiger partial charge in [0.05, 0.1) is 5.69 Å². The molecule has 0 spiro atoms. The fourth-order valence-corrected chi connectivity index (χ4v) is 1.29. The molecule has 0 bridgehead atoms. The fraction of sp³-hybridized carbons (Fsp3) is 0.400. The molecule has 76 valence electrons. The minimum Gasteiger partial charge on any atom is -0.476 e.